The predicted molar refractivity (Wildman–Crippen MR) is 110 cm³/mol. The van der Waals surface area contributed by atoms with Crippen molar-refractivity contribution < 1.29 is 18.9 Å². The van der Waals surface area contributed by atoms with Crippen molar-refractivity contribution in [3.8, 4) is 23.0 Å². The summed E-state index contributed by atoms with van der Waals surface area (Å²) in [4.78, 5) is 4.58. The smallest absolute Gasteiger partial charge is 0.145 e. The van der Waals surface area contributed by atoms with Crippen LogP contribution in [0.25, 0.3) is 10.9 Å². The van der Waals surface area contributed by atoms with Crippen LogP contribution in [0, 0.1) is 6.92 Å². The number of hydrogen-bond acceptors (Lipinski definition) is 7. The van der Waals surface area contributed by atoms with Gasteiger partial charge in [-0.05, 0) is 19.1 Å². The number of anilines is 1. The highest BCUT2D eigenvalue weighted by Crippen LogP contribution is 2.33. The van der Waals surface area contributed by atoms with Gasteiger partial charge in [-0.1, -0.05) is 12.1 Å². The molecule has 0 unspecified atom stereocenters. The van der Waals surface area contributed by atoms with E-state index in [4.69, 9.17) is 18.9 Å². The standard InChI is InChI=1S/C21H23N3O4/c1-13-9-17(15-7-6-8-18(26-3)21(15)23-13)24-22-12-16-19(27-4)10-14(25-2)11-20(16)28-5/h6-12H,1-5H3,(H,23,24)/b22-12+. The maximum atomic E-state index is 5.45. The van der Waals surface area contributed by atoms with Crippen molar-refractivity contribution in [3.63, 3.8) is 0 Å². The molecule has 1 heterocycles. The minimum absolute atomic E-state index is 0.596. The molecule has 0 saturated heterocycles. The molecule has 0 spiro atoms. The van der Waals surface area contributed by atoms with Crippen LogP contribution in [0.4, 0.5) is 5.69 Å². The number of hydrogen-bond donors (Lipinski definition) is 1. The molecule has 2 aromatic carbocycles. The second-order valence-corrected chi connectivity index (χ2v) is 5.98. The Morgan fingerprint density at radius 3 is 2.18 bits per heavy atom. The molecule has 7 heteroatoms. The van der Waals surface area contributed by atoms with E-state index >= 15 is 0 Å². The van der Waals surface area contributed by atoms with E-state index in [1.54, 1.807) is 46.8 Å². The Labute approximate surface area is 163 Å². The molecule has 1 N–H and O–H groups in total. The fourth-order valence-corrected chi connectivity index (χ4v) is 2.93. The van der Waals surface area contributed by atoms with Gasteiger partial charge in [0.2, 0.25) is 0 Å². The molecule has 0 aliphatic rings. The summed E-state index contributed by atoms with van der Waals surface area (Å²) in [5.41, 5.74) is 6.25. The molecular formula is C21H23N3O4. The molecule has 3 rings (SSSR count). The summed E-state index contributed by atoms with van der Waals surface area (Å²) in [6.45, 7) is 1.93. The van der Waals surface area contributed by atoms with Crippen LogP contribution in [0.5, 0.6) is 23.0 Å². The van der Waals surface area contributed by atoms with Gasteiger partial charge in [0.25, 0.3) is 0 Å². The van der Waals surface area contributed by atoms with Crippen molar-refractivity contribution in [2.24, 2.45) is 5.10 Å². The molecule has 28 heavy (non-hydrogen) atoms. The van der Waals surface area contributed by atoms with E-state index in [1.807, 2.05) is 31.2 Å². The van der Waals surface area contributed by atoms with Gasteiger partial charge in [-0.3, -0.25) is 5.43 Å². The lowest BCUT2D eigenvalue weighted by molar-refractivity contribution is 0.374. The molecule has 0 radical (unpaired) electrons. The number of methoxy groups -OCH3 is 4. The van der Waals surface area contributed by atoms with E-state index in [9.17, 15) is 0 Å². The number of nitrogens with zero attached hydrogens (tertiary/aromatic N) is 2. The summed E-state index contributed by atoms with van der Waals surface area (Å²) >= 11 is 0. The van der Waals surface area contributed by atoms with Crippen LogP contribution in [0.15, 0.2) is 41.5 Å². The summed E-state index contributed by atoms with van der Waals surface area (Å²) < 4.78 is 21.6. The minimum Gasteiger partial charge on any atom is -0.496 e. The lowest BCUT2D eigenvalue weighted by Gasteiger charge is -2.12. The van der Waals surface area contributed by atoms with Gasteiger partial charge in [0.15, 0.2) is 0 Å². The molecule has 0 saturated carbocycles. The van der Waals surface area contributed by atoms with Gasteiger partial charge in [0, 0.05) is 23.2 Å². The van der Waals surface area contributed by atoms with Crippen LogP contribution in [0.1, 0.15) is 11.3 Å². The number of nitrogens with one attached hydrogen (secondary N) is 1. The molecule has 146 valence electrons. The van der Waals surface area contributed by atoms with E-state index in [0.717, 1.165) is 22.3 Å². The topological polar surface area (TPSA) is 74.2 Å². The zero-order valence-electron chi connectivity index (χ0n) is 16.6. The molecule has 1 aromatic heterocycles. The van der Waals surface area contributed by atoms with Crippen molar-refractivity contribution in [2.75, 3.05) is 33.9 Å². The van der Waals surface area contributed by atoms with Crippen LogP contribution in [0.3, 0.4) is 0 Å². The van der Waals surface area contributed by atoms with Gasteiger partial charge >= 0.3 is 0 Å². The Balaban J connectivity index is 1.98. The van der Waals surface area contributed by atoms with Gasteiger partial charge in [-0.2, -0.15) is 5.10 Å². The summed E-state index contributed by atoms with van der Waals surface area (Å²) in [5.74, 6) is 2.55. The Morgan fingerprint density at radius 1 is 0.893 bits per heavy atom. The summed E-state index contributed by atoms with van der Waals surface area (Å²) in [5, 5.41) is 5.30. The monoisotopic (exact) mass is 381 g/mol. The summed E-state index contributed by atoms with van der Waals surface area (Å²) in [7, 11) is 6.40. The summed E-state index contributed by atoms with van der Waals surface area (Å²) in [6, 6.07) is 11.3. The van der Waals surface area contributed by atoms with Gasteiger partial charge in [0.05, 0.1) is 45.9 Å². The Morgan fingerprint density at radius 2 is 1.57 bits per heavy atom. The molecule has 3 aromatic rings. The van der Waals surface area contributed by atoms with Crippen molar-refractivity contribution in [1.29, 1.82) is 0 Å². The third-order valence-corrected chi connectivity index (χ3v) is 4.28. The third kappa shape index (κ3) is 3.78. The maximum absolute atomic E-state index is 5.45. The first-order valence-corrected chi connectivity index (χ1v) is 8.64. The number of pyridine rings is 1. The zero-order chi connectivity index (χ0) is 20.1. The van der Waals surface area contributed by atoms with Gasteiger partial charge in [-0.25, -0.2) is 4.98 Å². The number of fused-ring (bicyclic) bond motifs is 1. The third-order valence-electron chi connectivity index (χ3n) is 4.28. The van der Waals surface area contributed by atoms with Crippen LogP contribution < -0.4 is 24.4 Å². The van der Waals surface area contributed by atoms with Gasteiger partial charge in [-0.15, -0.1) is 0 Å². The molecule has 0 fully saturated rings. The van der Waals surface area contributed by atoms with E-state index in [-0.39, 0.29) is 0 Å². The van der Waals surface area contributed by atoms with Crippen molar-refractivity contribution >= 4 is 22.8 Å². The van der Waals surface area contributed by atoms with E-state index in [0.29, 0.717) is 28.6 Å². The number of hydrazone groups is 1. The van der Waals surface area contributed by atoms with Gasteiger partial charge < -0.3 is 18.9 Å². The number of rotatable bonds is 7. The number of aryl methyl sites for hydroxylation is 1. The van der Waals surface area contributed by atoms with E-state index in [2.05, 4.69) is 15.5 Å². The lowest BCUT2D eigenvalue weighted by Crippen LogP contribution is -2.00. The van der Waals surface area contributed by atoms with Gasteiger partial charge in [0.1, 0.15) is 28.5 Å². The second kappa shape index (κ2) is 8.47. The lowest BCUT2D eigenvalue weighted by atomic mass is 10.1. The molecule has 0 aliphatic carbocycles. The Hall–Kier alpha value is -3.48. The fourth-order valence-electron chi connectivity index (χ4n) is 2.93. The van der Waals surface area contributed by atoms with Crippen molar-refractivity contribution in [3.05, 3.63) is 47.7 Å². The Bertz CT molecular complexity index is 993. The van der Waals surface area contributed by atoms with Crippen molar-refractivity contribution in [2.45, 2.75) is 6.92 Å². The number of para-hydroxylation sites is 1. The molecular weight excluding hydrogens is 358 g/mol. The second-order valence-electron chi connectivity index (χ2n) is 5.98. The molecule has 0 aliphatic heterocycles. The predicted octanol–water partition coefficient (Wildman–Crippen LogP) is 4.02. The van der Waals surface area contributed by atoms with Crippen LogP contribution >= 0.6 is 0 Å². The Kier molecular flexibility index (Phi) is 5.84. The quantitative estimate of drug-likeness (QED) is 0.492. The molecule has 0 amide bonds. The van der Waals surface area contributed by atoms with Crippen LogP contribution in [-0.2, 0) is 0 Å². The summed E-state index contributed by atoms with van der Waals surface area (Å²) in [6.07, 6.45) is 1.65. The first-order valence-electron chi connectivity index (χ1n) is 8.64. The SMILES string of the molecule is COc1cc(OC)c(/C=N/Nc2cc(C)nc3c(OC)cccc23)c(OC)c1. The largest absolute Gasteiger partial charge is 0.496 e. The molecule has 7 nitrogen and oxygen atoms in total. The van der Waals surface area contributed by atoms with E-state index in [1.165, 1.54) is 0 Å². The normalized spacial score (nSPS) is 10.9. The first kappa shape index (κ1) is 19.3. The minimum atomic E-state index is 0.596. The van der Waals surface area contributed by atoms with Crippen molar-refractivity contribution in [1.82, 2.24) is 4.98 Å². The zero-order valence-corrected chi connectivity index (χ0v) is 16.6. The highest BCUT2D eigenvalue weighted by molar-refractivity contribution is 5.96. The van der Waals surface area contributed by atoms with E-state index < -0.39 is 0 Å². The maximum Gasteiger partial charge on any atom is 0.145 e. The van der Waals surface area contributed by atoms with Crippen LogP contribution in [0.2, 0.25) is 0 Å². The first-order chi connectivity index (χ1) is 13.6. The highest BCUT2D eigenvalue weighted by atomic mass is 16.5. The highest BCUT2D eigenvalue weighted by Gasteiger charge is 2.12. The number of ether oxygens (including phenoxy) is 4. The molecule has 0 atom stereocenters. The number of aromatic nitrogens is 1. The average Bonchev–Trinajstić information content (AvgIpc) is 2.72. The fraction of sp³-hybridized carbons (Fsp3) is 0.238. The number of benzene rings is 2. The molecule has 0 bridgehead atoms. The van der Waals surface area contributed by atoms with Crippen LogP contribution in [-0.4, -0.2) is 39.6 Å². The average molecular weight is 381 g/mol.